The molecule has 0 saturated carbocycles. The van der Waals surface area contributed by atoms with Crippen molar-refractivity contribution >= 4 is 0 Å². The van der Waals surface area contributed by atoms with Gasteiger partial charge in [0, 0.05) is 6.20 Å². The standard InChI is InChI=1S/C5H4FN/c6-5-2-1-3-7-4-5/h1-4H/i4D. The van der Waals surface area contributed by atoms with Crippen LogP contribution in [0.25, 0.3) is 0 Å². The summed E-state index contributed by atoms with van der Waals surface area (Å²) in [5.74, 6) is -0.576. The van der Waals surface area contributed by atoms with E-state index in [9.17, 15) is 4.39 Å². The maximum absolute atomic E-state index is 12.1. The number of rotatable bonds is 0. The minimum atomic E-state index is -0.576. The largest absolute Gasteiger partial charge is 0.262 e. The van der Waals surface area contributed by atoms with Crippen LogP contribution in [-0.4, -0.2) is 4.98 Å². The fourth-order valence-corrected chi connectivity index (χ4v) is 0.307. The van der Waals surface area contributed by atoms with Crippen LogP contribution in [0.5, 0.6) is 0 Å². The number of halogens is 1. The van der Waals surface area contributed by atoms with E-state index in [-0.39, 0.29) is 6.17 Å². The van der Waals surface area contributed by atoms with Crippen LogP contribution in [0, 0.1) is 5.82 Å². The van der Waals surface area contributed by atoms with Crippen molar-refractivity contribution in [3.8, 4) is 0 Å². The molecule has 0 N–H and O–H groups in total. The quantitative estimate of drug-likeness (QED) is 0.475. The van der Waals surface area contributed by atoms with Gasteiger partial charge in [-0.2, -0.15) is 0 Å². The predicted molar refractivity (Wildman–Crippen MR) is 24.2 cm³/mol. The molecule has 0 fully saturated rings. The molecule has 0 unspecified atom stereocenters. The summed E-state index contributed by atoms with van der Waals surface area (Å²) in [6, 6.07) is 2.66. The van der Waals surface area contributed by atoms with Crippen molar-refractivity contribution in [1.82, 2.24) is 4.98 Å². The first-order chi connectivity index (χ1) is 3.80. The molecule has 36 valence electrons. The van der Waals surface area contributed by atoms with Crippen molar-refractivity contribution in [2.45, 2.75) is 0 Å². The average Bonchev–Trinajstić information content (AvgIpc) is 1.77. The van der Waals surface area contributed by atoms with E-state index >= 15 is 0 Å². The lowest BCUT2D eigenvalue weighted by Gasteiger charge is -1.78. The third-order valence-corrected chi connectivity index (χ3v) is 0.575. The van der Waals surface area contributed by atoms with Crippen LogP contribution in [0.3, 0.4) is 0 Å². The molecule has 0 atom stereocenters. The van der Waals surface area contributed by atoms with Gasteiger partial charge in [-0.15, -0.1) is 0 Å². The Morgan fingerprint density at radius 2 is 2.71 bits per heavy atom. The highest BCUT2D eigenvalue weighted by atomic mass is 19.1. The molecule has 1 aromatic heterocycles. The third-order valence-electron chi connectivity index (χ3n) is 0.575. The number of pyridine rings is 1. The van der Waals surface area contributed by atoms with Crippen molar-refractivity contribution in [3.05, 3.63) is 30.3 Å². The summed E-state index contributed by atoms with van der Waals surface area (Å²) >= 11 is 0. The summed E-state index contributed by atoms with van der Waals surface area (Å²) in [7, 11) is 0. The van der Waals surface area contributed by atoms with E-state index in [1.165, 1.54) is 18.3 Å². The number of hydrogen-bond acceptors (Lipinski definition) is 1. The first-order valence-electron chi connectivity index (χ1n) is 2.38. The summed E-state index contributed by atoms with van der Waals surface area (Å²) in [5.41, 5.74) is 0. The van der Waals surface area contributed by atoms with Crippen LogP contribution in [0.4, 0.5) is 4.39 Å². The van der Waals surface area contributed by atoms with Crippen molar-refractivity contribution < 1.29 is 5.76 Å². The second kappa shape index (κ2) is 1.69. The van der Waals surface area contributed by atoms with Gasteiger partial charge in [-0.25, -0.2) is 4.39 Å². The second-order valence-electron chi connectivity index (χ2n) is 1.10. The van der Waals surface area contributed by atoms with E-state index in [0.717, 1.165) is 0 Å². The number of aromatic nitrogens is 1. The Kier molecular flexibility index (Phi) is 0.754. The second-order valence-corrected chi connectivity index (χ2v) is 1.10. The fourth-order valence-electron chi connectivity index (χ4n) is 0.307. The van der Waals surface area contributed by atoms with E-state index in [4.69, 9.17) is 1.37 Å². The molecule has 1 heterocycles. The van der Waals surface area contributed by atoms with Crippen molar-refractivity contribution in [2.75, 3.05) is 0 Å². The van der Waals surface area contributed by atoms with Gasteiger partial charge in [0.1, 0.15) is 5.82 Å². The number of nitrogens with zero attached hydrogens (tertiary/aromatic N) is 1. The molecule has 0 aliphatic heterocycles. The first kappa shape index (κ1) is 3.13. The molecule has 1 rings (SSSR count). The average molecular weight is 98.1 g/mol. The first-order valence-corrected chi connectivity index (χ1v) is 1.88. The Hall–Kier alpha value is -0.920. The van der Waals surface area contributed by atoms with Crippen LogP contribution in [0.15, 0.2) is 24.5 Å². The molecule has 1 aromatic rings. The Bertz CT molecular complexity index is 169. The van der Waals surface area contributed by atoms with Crippen LogP contribution in [0.2, 0.25) is 0 Å². The molecular weight excluding hydrogens is 93.1 g/mol. The van der Waals surface area contributed by atoms with E-state index in [0.29, 0.717) is 0 Å². The molecule has 0 aliphatic rings. The highest BCUT2D eigenvalue weighted by Gasteiger charge is 1.78. The van der Waals surface area contributed by atoms with Gasteiger partial charge >= 0.3 is 0 Å². The van der Waals surface area contributed by atoms with Crippen LogP contribution in [0.1, 0.15) is 1.37 Å². The molecule has 7 heavy (non-hydrogen) atoms. The zero-order valence-corrected chi connectivity index (χ0v) is 3.56. The lowest BCUT2D eigenvalue weighted by Crippen LogP contribution is -1.70. The zero-order chi connectivity index (χ0) is 5.98. The normalized spacial score (nSPS) is 10.7. The summed E-state index contributed by atoms with van der Waals surface area (Å²) in [5, 5.41) is 0. The molecule has 0 amide bonds. The summed E-state index contributed by atoms with van der Waals surface area (Å²) in [6.07, 6.45) is 1.08. The molecule has 0 saturated heterocycles. The van der Waals surface area contributed by atoms with Gasteiger partial charge in [0.05, 0.1) is 7.54 Å². The monoisotopic (exact) mass is 98.0 g/mol. The smallest absolute Gasteiger partial charge is 0.141 e. The lowest BCUT2D eigenvalue weighted by molar-refractivity contribution is 0.621. The van der Waals surface area contributed by atoms with Crippen molar-refractivity contribution in [3.63, 3.8) is 0 Å². The third kappa shape index (κ3) is 0.961. The van der Waals surface area contributed by atoms with Gasteiger partial charge < -0.3 is 0 Å². The van der Waals surface area contributed by atoms with Crippen molar-refractivity contribution in [1.29, 1.82) is 0 Å². The number of hydrogen-bond donors (Lipinski definition) is 0. The maximum Gasteiger partial charge on any atom is 0.141 e. The molecule has 2 heteroatoms. The molecular formula is C5H4FN. The molecule has 1 nitrogen and oxygen atoms in total. The van der Waals surface area contributed by atoms with E-state index in [1.54, 1.807) is 0 Å². The fraction of sp³-hybridized carbons (Fsp3) is 0. The van der Waals surface area contributed by atoms with Gasteiger partial charge in [0.2, 0.25) is 0 Å². The van der Waals surface area contributed by atoms with Crippen LogP contribution >= 0.6 is 0 Å². The van der Waals surface area contributed by atoms with Gasteiger partial charge in [-0.3, -0.25) is 4.98 Å². The highest BCUT2D eigenvalue weighted by Crippen LogP contribution is 1.87. The van der Waals surface area contributed by atoms with E-state index < -0.39 is 5.82 Å². The SMILES string of the molecule is [2H]c1ncccc1F. The Labute approximate surface area is 42.2 Å². The van der Waals surface area contributed by atoms with E-state index in [2.05, 4.69) is 4.98 Å². The zero-order valence-electron chi connectivity index (χ0n) is 4.56. The molecule has 0 bridgehead atoms. The van der Waals surface area contributed by atoms with Gasteiger partial charge in [-0.05, 0) is 12.1 Å². The lowest BCUT2D eigenvalue weighted by atomic mass is 10.5. The Balaban J connectivity index is 3.13. The Morgan fingerprint density at radius 3 is 3.14 bits per heavy atom. The Morgan fingerprint density at radius 1 is 1.86 bits per heavy atom. The van der Waals surface area contributed by atoms with Gasteiger partial charge in [-0.1, -0.05) is 0 Å². The van der Waals surface area contributed by atoms with Gasteiger partial charge in [0.15, 0.2) is 0 Å². The summed E-state index contributed by atoms with van der Waals surface area (Å²) in [4.78, 5) is 3.37. The summed E-state index contributed by atoms with van der Waals surface area (Å²) < 4.78 is 18.8. The van der Waals surface area contributed by atoms with Crippen LogP contribution < -0.4 is 0 Å². The minimum Gasteiger partial charge on any atom is -0.262 e. The highest BCUT2D eigenvalue weighted by molar-refractivity contribution is 4.92. The molecule has 0 radical (unpaired) electrons. The topological polar surface area (TPSA) is 12.9 Å². The molecule has 0 aromatic carbocycles. The minimum absolute atomic E-state index is 0.299. The predicted octanol–water partition coefficient (Wildman–Crippen LogP) is 1.22. The van der Waals surface area contributed by atoms with Gasteiger partial charge in [0.25, 0.3) is 0 Å². The van der Waals surface area contributed by atoms with E-state index in [1.807, 2.05) is 0 Å². The molecule has 0 aliphatic carbocycles. The molecule has 0 spiro atoms. The summed E-state index contributed by atoms with van der Waals surface area (Å²) in [6.45, 7) is 0. The van der Waals surface area contributed by atoms with Crippen LogP contribution in [-0.2, 0) is 0 Å². The van der Waals surface area contributed by atoms with Crippen molar-refractivity contribution in [2.24, 2.45) is 0 Å². The maximum atomic E-state index is 12.1.